The van der Waals surface area contributed by atoms with Gasteiger partial charge in [-0.25, -0.2) is 5.43 Å². The van der Waals surface area contributed by atoms with Gasteiger partial charge >= 0.3 is 6.18 Å². The summed E-state index contributed by atoms with van der Waals surface area (Å²) in [5.74, 6) is -1.70. The Morgan fingerprint density at radius 1 is 1.29 bits per heavy atom. The molecular weight excluding hydrogens is 283 g/mol. The molecule has 1 saturated heterocycles. The molecule has 1 heterocycles. The third-order valence-electron chi connectivity index (χ3n) is 4.12. The van der Waals surface area contributed by atoms with Crippen molar-refractivity contribution in [2.75, 3.05) is 6.54 Å². The van der Waals surface area contributed by atoms with Gasteiger partial charge in [-0.15, -0.1) is 0 Å². The van der Waals surface area contributed by atoms with Gasteiger partial charge in [0, 0.05) is 6.54 Å². The smallest absolute Gasteiger partial charge is 0.349 e. The molecule has 3 rings (SSSR count). The summed E-state index contributed by atoms with van der Waals surface area (Å²) in [5.41, 5.74) is 6.72. The van der Waals surface area contributed by atoms with Crippen LogP contribution in [0.1, 0.15) is 23.6 Å². The van der Waals surface area contributed by atoms with Gasteiger partial charge in [-0.3, -0.25) is 10.2 Å². The average molecular weight is 299 g/mol. The van der Waals surface area contributed by atoms with Crippen LogP contribution in [0.4, 0.5) is 13.2 Å². The molecule has 3 unspecified atom stereocenters. The fraction of sp³-hybridized carbons (Fsp3) is 0.500. The van der Waals surface area contributed by atoms with Gasteiger partial charge in [0.15, 0.2) is 0 Å². The zero-order valence-corrected chi connectivity index (χ0v) is 11.2. The lowest BCUT2D eigenvalue weighted by Gasteiger charge is -2.22. The second-order valence-electron chi connectivity index (χ2n) is 5.45. The number of hydrazine groups is 1. The number of aryl methyl sites for hydroxylation is 1. The first-order valence-electron chi connectivity index (χ1n) is 6.90. The maximum Gasteiger partial charge on any atom is 0.405 e. The Kier molecular flexibility index (Phi) is 3.62. The first-order valence-corrected chi connectivity index (χ1v) is 6.90. The van der Waals surface area contributed by atoms with Crippen LogP contribution in [0.15, 0.2) is 24.3 Å². The van der Waals surface area contributed by atoms with Crippen molar-refractivity contribution >= 4 is 5.91 Å². The Labute approximate surface area is 120 Å². The molecular formula is C14H16F3N3O. The molecule has 1 amide bonds. The number of nitrogens with one attached hydrogen (secondary N) is 3. The lowest BCUT2D eigenvalue weighted by atomic mass is 9.99. The van der Waals surface area contributed by atoms with Gasteiger partial charge in [0.05, 0.1) is 12.0 Å². The molecule has 21 heavy (non-hydrogen) atoms. The maximum absolute atomic E-state index is 12.8. The standard InChI is InChI=1S/C14H16F3N3O/c15-14(16,17)12-10(7-18-20-12)13(21)19-11-6-5-8-3-1-2-4-9(8)11/h1-4,10-12,18,20H,5-7H2,(H,19,21). The van der Waals surface area contributed by atoms with E-state index in [4.69, 9.17) is 0 Å². The van der Waals surface area contributed by atoms with E-state index in [9.17, 15) is 18.0 Å². The van der Waals surface area contributed by atoms with E-state index in [0.717, 1.165) is 24.0 Å². The van der Waals surface area contributed by atoms with Crippen LogP contribution in [0.2, 0.25) is 0 Å². The van der Waals surface area contributed by atoms with Gasteiger partial charge in [-0.1, -0.05) is 24.3 Å². The van der Waals surface area contributed by atoms with Crippen LogP contribution in [-0.4, -0.2) is 24.7 Å². The lowest BCUT2D eigenvalue weighted by Crippen LogP contribution is -2.48. The lowest BCUT2D eigenvalue weighted by molar-refractivity contribution is -0.166. The monoisotopic (exact) mass is 299 g/mol. The highest BCUT2D eigenvalue weighted by molar-refractivity contribution is 5.80. The highest BCUT2D eigenvalue weighted by atomic mass is 19.4. The van der Waals surface area contributed by atoms with Crippen molar-refractivity contribution in [3.05, 3.63) is 35.4 Å². The number of halogens is 3. The fourth-order valence-corrected chi connectivity index (χ4v) is 3.04. The summed E-state index contributed by atoms with van der Waals surface area (Å²) in [6, 6.07) is 5.67. The molecule has 0 spiro atoms. The molecule has 1 fully saturated rings. The van der Waals surface area contributed by atoms with E-state index >= 15 is 0 Å². The molecule has 3 N–H and O–H groups in total. The molecule has 2 aliphatic rings. The normalized spacial score (nSPS) is 28.4. The van der Waals surface area contributed by atoms with E-state index in [-0.39, 0.29) is 12.6 Å². The maximum atomic E-state index is 12.8. The van der Waals surface area contributed by atoms with Crippen molar-refractivity contribution in [3.63, 3.8) is 0 Å². The summed E-state index contributed by atoms with van der Waals surface area (Å²) in [6.07, 6.45) is -2.88. The number of fused-ring (bicyclic) bond motifs is 1. The molecule has 7 heteroatoms. The Morgan fingerprint density at radius 2 is 2.05 bits per heavy atom. The molecule has 0 radical (unpaired) electrons. The third kappa shape index (κ3) is 2.75. The molecule has 0 bridgehead atoms. The second-order valence-corrected chi connectivity index (χ2v) is 5.45. The number of amides is 1. The number of carbonyl (C=O) groups is 1. The van der Waals surface area contributed by atoms with Crippen molar-refractivity contribution < 1.29 is 18.0 Å². The molecule has 1 aliphatic heterocycles. The highest BCUT2D eigenvalue weighted by Crippen LogP contribution is 2.32. The summed E-state index contributed by atoms with van der Waals surface area (Å²) in [5, 5.41) is 2.76. The van der Waals surface area contributed by atoms with Crippen molar-refractivity contribution in [2.45, 2.75) is 31.1 Å². The topological polar surface area (TPSA) is 53.2 Å². The minimum atomic E-state index is -4.45. The van der Waals surface area contributed by atoms with Crippen molar-refractivity contribution in [1.82, 2.24) is 16.2 Å². The summed E-state index contributed by atoms with van der Waals surface area (Å²) >= 11 is 0. The van der Waals surface area contributed by atoms with E-state index in [1.54, 1.807) is 0 Å². The number of hydrogen-bond donors (Lipinski definition) is 3. The van der Waals surface area contributed by atoms with Gasteiger partial charge in [-0.2, -0.15) is 13.2 Å². The Bertz CT molecular complexity index is 547. The van der Waals surface area contributed by atoms with Gasteiger partial charge < -0.3 is 5.32 Å². The predicted molar refractivity (Wildman–Crippen MR) is 70.1 cm³/mol. The third-order valence-corrected chi connectivity index (χ3v) is 4.12. The molecule has 3 atom stereocenters. The Balaban J connectivity index is 1.70. The van der Waals surface area contributed by atoms with Gasteiger partial charge in [-0.05, 0) is 24.0 Å². The van der Waals surface area contributed by atoms with Crippen LogP contribution in [0, 0.1) is 5.92 Å². The Hall–Kier alpha value is -1.60. The predicted octanol–water partition coefficient (Wildman–Crippen LogP) is 1.44. The van der Waals surface area contributed by atoms with Crippen LogP contribution < -0.4 is 16.2 Å². The molecule has 1 aromatic rings. The number of alkyl halides is 3. The summed E-state index contributed by atoms with van der Waals surface area (Å²) in [4.78, 5) is 12.2. The first-order chi connectivity index (χ1) is 9.97. The quantitative estimate of drug-likeness (QED) is 0.775. The molecule has 1 aliphatic carbocycles. The average Bonchev–Trinajstić information content (AvgIpc) is 3.05. The minimum Gasteiger partial charge on any atom is -0.349 e. The number of hydrogen-bond acceptors (Lipinski definition) is 3. The van der Waals surface area contributed by atoms with Gasteiger partial charge in [0.1, 0.15) is 6.04 Å². The van der Waals surface area contributed by atoms with Crippen LogP contribution in [0.25, 0.3) is 0 Å². The number of rotatable bonds is 2. The zero-order valence-electron chi connectivity index (χ0n) is 11.2. The molecule has 0 saturated carbocycles. The highest BCUT2D eigenvalue weighted by Gasteiger charge is 2.50. The van der Waals surface area contributed by atoms with Gasteiger partial charge in [0.25, 0.3) is 0 Å². The SMILES string of the molecule is O=C(NC1CCc2ccccc21)C1CNNC1C(F)(F)F. The van der Waals surface area contributed by atoms with E-state index in [1.165, 1.54) is 0 Å². The van der Waals surface area contributed by atoms with E-state index in [1.807, 2.05) is 24.3 Å². The molecule has 4 nitrogen and oxygen atoms in total. The molecule has 1 aromatic carbocycles. The number of carbonyl (C=O) groups excluding carboxylic acids is 1. The van der Waals surface area contributed by atoms with Gasteiger partial charge in [0.2, 0.25) is 5.91 Å². The summed E-state index contributed by atoms with van der Waals surface area (Å²) in [7, 11) is 0. The zero-order chi connectivity index (χ0) is 15.0. The minimum absolute atomic E-state index is 0.0234. The van der Waals surface area contributed by atoms with Crippen molar-refractivity contribution in [1.29, 1.82) is 0 Å². The van der Waals surface area contributed by atoms with E-state index in [0.29, 0.717) is 0 Å². The Morgan fingerprint density at radius 3 is 2.81 bits per heavy atom. The van der Waals surface area contributed by atoms with Crippen molar-refractivity contribution in [2.24, 2.45) is 5.92 Å². The van der Waals surface area contributed by atoms with Crippen LogP contribution in [0.5, 0.6) is 0 Å². The summed E-state index contributed by atoms with van der Waals surface area (Å²) < 4.78 is 38.5. The molecule has 114 valence electrons. The van der Waals surface area contributed by atoms with E-state index in [2.05, 4.69) is 16.2 Å². The van der Waals surface area contributed by atoms with Crippen LogP contribution >= 0.6 is 0 Å². The first kappa shape index (κ1) is 14.3. The van der Waals surface area contributed by atoms with E-state index < -0.39 is 24.0 Å². The molecule has 0 aromatic heterocycles. The van der Waals surface area contributed by atoms with Crippen molar-refractivity contribution in [3.8, 4) is 0 Å². The second kappa shape index (κ2) is 5.31. The largest absolute Gasteiger partial charge is 0.405 e. The number of benzene rings is 1. The van der Waals surface area contributed by atoms with Crippen LogP contribution in [-0.2, 0) is 11.2 Å². The summed E-state index contributed by atoms with van der Waals surface area (Å²) in [6.45, 7) is -0.0234. The van der Waals surface area contributed by atoms with Crippen LogP contribution in [0.3, 0.4) is 0 Å². The fourth-order valence-electron chi connectivity index (χ4n) is 3.04.